The monoisotopic (exact) mass is 650 g/mol. The van der Waals surface area contributed by atoms with Gasteiger partial charge in [-0.3, -0.25) is 9.59 Å². The van der Waals surface area contributed by atoms with E-state index in [2.05, 4.69) is 41.4 Å². The van der Waals surface area contributed by atoms with Gasteiger partial charge in [0.2, 0.25) is 0 Å². The van der Waals surface area contributed by atoms with Crippen molar-refractivity contribution >= 4 is 23.2 Å². The van der Waals surface area contributed by atoms with Crippen molar-refractivity contribution in [3.05, 3.63) is 118 Å². The molecule has 0 aliphatic carbocycles. The van der Waals surface area contributed by atoms with E-state index in [1.165, 1.54) is 17.4 Å². The van der Waals surface area contributed by atoms with Gasteiger partial charge in [0, 0.05) is 46.5 Å². The Kier molecular flexibility index (Phi) is 10.3. The molecule has 0 radical (unpaired) electrons. The van der Waals surface area contributed by atoms with Crippen LogP contribution in [0, 0.1) is 12.7 Å². The molecule has 9 heteroatoms. The Morgan fingerprint density at radius 1 is 0.872 bits per heavy atom. The van der Waals surface area contributed by atoms with Crippen LogP contribution in [0.25, 0.3) is 33.6 Å². The standard InChI is InChI=1S/C38H39FN4O3S/c1-23-6-15-31(32(39)18-23)27-13-11-26(12-14-27)29-20-41-35(42-21-29)28-9-7-25(8-10-28)19-30(22-40-24(2)37(45)46)43-36(44)33-16-17-34(47-33)38(3,4)5/h6-18,20-21,24,30,40H,19,22H2,1-5H3,(H,43,44)(H,45,46)/t24-,30+/m1/s1. The minimum absolute atomic E-state index is 0.0534. The molecule has 0 bridgehead atoms. The largest absolute Gasteiger partial charge is 0.480 e. The molecule has 2 atom stereocenters. The van der Waals surface area contributed by atoms with Crippen LogP contribution in [0.5, 0.6) is 0 Å². The second kappa shape index (κ2) is 14.4. The number of nitrogens with zero attached hydrogens (tertiary/aromatic N) is 2. The normalized spacial score (nSPS) is 12.8. The van der Waals surface area contributed by atoms with Crippen molar-refractivity contribution in [1.29, 1.82) is 0 Å². The van der Waals surface area contributed by atoms with Crippen LogP contribution in [0.3, 0.4) is 0 Å². The first kappa shape index (κ1) is 33.6. The molecule has 2 aromatic heterocycles. The Morgan fingerprint density at radius 2 is 1.51 bits per heavy atom. The summed E-state index contributed by atoms with van der Waals surface area (Å²) in [6, 6.07) is 23.5. The summed E-state index contributed by atoms with van der Waals surface area (Å²) in [5.74, 6) is -0.794. The van der Waals surface area contributed by atoms with E-state index in [0.29, 0.717) is 29.2 Å². The number of carbonyl (C=O) groups is 2. The molecule has 5 aromatic rings. The van der Waals surface area contributed by atoms with Gasteiger partial charge in [-0.1, -0.05) is 81.4 Å². The Bertz CT molecular complexity index is 1850. The van der Waals surface area contributed by atoms with E-state index in [0.717, 1.165) is 38.3 Å². The molecule has 0 aliphatic rings. The maximum atomic E-state index is 14.4. The zero-order valence-electron chi connectivity index (χ0n) is 27.2. The second-order valence-corrected chi connectivity index (χ2v) is 13.9. The van der Waals surface area contributed by atoms with E-state index in [1.807, 2.05) is 73.7 Å². The van der Waals surface area contributed by atoms with Gasteiger partial charge in [-0.2, -0.15) is 0 Å². The maximum absolute atomic E-state index is 14.4. The molecule has 5 rings (SSSR count). The van der Waals surface area contributed by atoms with Crippen molar-refractivity contribution in [3.8, 4) is 33.6 Å². The third kappa shape index (κ3) is 8.55. The molecular formula is C38H39FN4O3S. The smallest absolute Gasteiger partial charge is 0.320 e. The van der Waals surface area contributed by atoms with Crippen molar-refractivity contribution < 1.29 is 19.1 Å². The summed E-state index contributed by atoms with van der Waals surface area (Å²) in [5.41, 5.74) is 5.80. The van der Waals surface area contributed by atoms with E-state index in [9.17, 15) is 19.1 Å². The second-order valence-electron chi connectivity index (χ2n) is 12.8. The fraction of sp³-hybridized carbons (Fsp3) is 0.263. The summed E-state index contributed by atoms with van der Waals surface area (Å²) in [6.45, 7) is 10.1. The summed E-state index contributed by atoms with van der Waals surface area (Å²) >= 11 is 1.47. The van der Waals surface area contributed by atoms with E-state index in [-0.39, 0.29) is 23.2 Å². The fourth-order valence-corrected chi connectivity index (χ4v) is 6.06. The maximum Gasteiger partial charge on any atom is 0.320 e. The minimum atomic E-state index is -0.951. The molecule has 7 nitrogen and oxygen atoms in total. The number of benzene rings is 3. The van der Waals surface area contributed by atoms with Crippen molar-refractivity contribution in [1.82, 2.24) is 20.6 Å². The number of amides is 1. The molecule has 3 aromatic carbocycles. The van der Waals surface area contributed by atoms with Crippen LogP contribution in [0.2, 0.25) is 0 Å². The van der Waals surface area contributed by atoms with Gasteiger partial charge in [-0.05, 0) is 66.1 Å². The molecule has 0 saturated heterocycles. The number of hydrogen-bond donors (Lipinski definition) is 3. The summed E-state index contributed by atoms with van der Waals surface area (Å²) < 4.78 is 14.4. The van der Waals surface area contributed by atoms with Gasteiger partial charge < -0.3 is 15.7 Å². The molecule has 0 saturated carbocycles. The summed E-state index contributed by atoms with van der Waals surface area (Å²) in [6.07, 6.45) is 4.05. The third-order valence-corrected chi connectivity index (χ3v) is 9.45. The van der Waals surface area contributed by atoms with Crippen LogP contribution < -0.4 is 10.6 Å². The SMILES string of the molecule is Cc1ccc(-c2ccc(-c3cnc(-c4ccc(C[C@@H](CN[C@H](C)C(=O)O)NC(=O)c5ccc(C(C)(C)C)s5)cc4)nc3)cc2)c(F)c1. The number of aryl methyl sites for hydroxylation is 1. The third-order valence-electron chi connectivity index (χ3n) is 7.94. The molecule has 3 N–H and O–H groups in total. The van der Waals surface area contributed by atoms with E-state index in [1.54, 1.807) is 25.4 Å². The molecular weight excluding hydrogens is 612 g/mol. The number of carbonyl (C=O) groups excluding carboxylic acids is 1. The quantitative estimate of drug-likeness (QED) is 0.135. The highest BCUT2D eigenvalue weighted by Gasteiger charge is 2.22. The molecule has 2 heterocycles. The van der Waals surface area contributed by atoms with Gasteiger partial charge in [0.15, 0.2) is 5.82 Å². The molecule has 0 fully saturated rings. The zero-order chi connectivity index (χ0) is 33.7. The average Bonchev–Trinajstić information content (AvgIpc) is 3.56. The molecule has 0 spiro atoms. The van der Waals surface area contributed by atoms with E-state index < -0.39 is 12.0 Å². The number of halogens is 1. The first-order valence-electron chi connectivity index (χ1n) is 15.5. The number of hydrogen-bond acceptors (Lipinski definition) is 6. The van der Waals surface area contributed by atoms with E-state index >= 15 is 0 Å². The molecule has 0 aliphatic heterocycles. The number of thiophene rings is 1. The molecule has 0 unspecified atom stereocenters. The van der Waals surface area contributed by atoms with Crippen LogP contribution in [0.15, 0.2) is 91.3 Å². The van der Waals surface area contributed by atoms with Crippen LogP contribution in [0.4, 0.5) is 4.39 Å². The zero-order valence-corrected chi connectivity index (χ0v) is 28.0. The molecule has 1 amide bonds. The predicted molar refractivity (Wildman–Crippen MR) is 186 cm³/mol. The molecule has 242 valence electrons. The summed E-state index contributed by atoms with van der Waals surface area (Å²) in [4.78, 5) is 35.5. The number of rotatable bonds is 11. The predicted octanol–water partition coefficient (Wildman–Crippen LogP) is 7.69. The van der Waals surface area contributed by atoms with Crippen molar-refractivity contribution in [2.45, 2.75) is 58.5 Å². The highest BCUT2D eigenvalue weighted by Crippen LogP contribution is 2.30. The van der Waals surface area contributed by atoms with Gasteiger partial charge in [-0.25, -0.2) is 14.4 Å². The highest BCUT2D eigenvalue weighted by molar-refractivity contribution is 7.14. The first-order chi connectivity index (χ1) is 22.4. The number of aliphatic carboxylic acids is 1. The van der Waals surface area contributed by atoms with Crippen molar-refractivity contribution in [2.24, 2.45) is 0 Å². The lowest BCUT2D eigenvalue weighted by atomic mass is 9.95. The van der Waals surface area contributed by atoms with Gasteiger partial charge in [0.25, 0.3) is 5.91 Å². The minimum Gasteiger partial charge on any atom is -0.480 e. The van der Waals surface area contributed by atoms with Crippen molar-refractivity contribution in [3.63, 3.8) is 0 Å². The first-order valence-corrected chi connectivity index (χ1v) is 16.3. The van der Waals surface area contributed by atoms with Crippen LogP contribution in [-0.4, -0.2) is 45.6 Å². The molecule has 47 heavy (non-hydrogen) atoms. The van der Waals surface area contributed by atoms with E-state index in [4.69, 9.17) is 0 Å². The Labute approximate surface area is 279 Å². The number of carboxylic acid groups (broad SMARTS) is 1. The number of carboxylic acids is 1. The number of aromatic nitrogens is 2. The van der Waals surface area contributed by atoms with Crippen LogP contribution >= 0.6 is 11.3 Å². The highest BCUT2D eigenvalue weighted by atomic mass is 32.1. The lowest BCUT2D eigenvalue weighted by Gasteiger charge is -2.21. The topological polar surface area (TPSA) is 104 Å². The van der Waals surface area contributed by atoms with Crippen LogP contribution in [-0.2, 0) is 16.6 Å². The number of nitrogens with one attached hydrogen (secondary N) is 2. The Morgan fingerprint density at radius 3 is 2.11 bits per heavy atom. The Hall–Kier alpha value is -4.73. The van der Waals surface area contributed by atoms with Crippen LogP contribution in [0.1, 0.15) is 53.4 Å². The lowest BCUT2D eigenvalue weighted by Crippen LogP contribution is -2.47. The Balaban J connectivity index is 1.26. The summed E-state index contributed by atoms with van der Waals surface area (Å²) in [5, 5.41) is 15.5. The van der Waals surface area contributed by atoms with Gasteiger partial charge >= 0.3 is 5.97 Å². The summed E-state index contributed by atoms with van der Waals surface area (Å²) in [7, 11) is 0. The van der Waals surface area contributed by atoms with Gasteiger partial charge in [0.05, 0.1) is 4.88 Å². The van der Waals surface area contributed by atoms with Crippen molar-refractivity contribution in [2.75, 3.05) is 6.54 Å². The average molecular weight is 651 g/mol. The van der Waals surface area contributed by atoms with Gasteiger partial charge in [0.1, 0.15) is 11.9 Å². The fourth-order valence-electron chi connectivity index (χ4n) is 5.10. The lowest BCUT2D eigenvalue weighted by molar-refractivity contribution is -0.139. The van der Waals surface area contributed by atoms with Gasteiger partial charge in [-0.15, -0.1) is 11.3 Å².